The van der Waals surface area contributed by atoms with E-state index in [-0.39, 0.29) is 0 Å². The molecule has 0 bridgehead atoms. The molecule has 2 aromatic rings. The molecule has 3 heteroatoms. The third-order valence-corrected chi connectivity index (χ3v) is 3.21. The van der Waals surface area contributed by atoms with Crippen LogP contribution in [-0.4, -0.2) is 14.2 Å². The van der Waals surface area contributed by atoms with Gasteiger partial charge in [0.25, 0.3) is 0 Å². The van der Waals surface area contributed by atoms with Gasteiger partial charge in [0, 0.05) is 14.2 Å². The van der Waals surface area contributed by atoms with Gasteiger partial charge in [-0.15, -0.1) is 0 Å². The number of benzene rings is 2. The quantitative estimate of drug-likeness (QED) is 0.740. The summed E-state index contributed by atoms with van der Waals surface area (Å²) in [7, 11) is 3.41. The lowest BCUT2D eigenvalue weighted by molar-refractivity contribution is 0.107. The molecule has 0 aliphatic carbocycles. The highest BCUT2D eigenvalue weighted by atomic mass is 16.5. The third-order valence-electron chi connectivity index (χ3n) is 3.21. The molecule has 0 unspecified atom stereocenters. The standard InChI is InChI=1S/C18H22O3/c1-19-11-15-3-7-17(8-4-15)13-21-14-18-9-5-16(6-10-18)12-20-2/h3-10H,11-14H2,1-2H3. The first-order valence-electron chi connectivity index (χ1n) is 7.03. The summed E-state index contributed by atoms with van der Waals surface area (Å²) in [4.78, 5) is 0. The Morgan fingerprint density at radius 3 is 1.10 bits per heavy atom. The molecule has 0 saturated heterocycles. The second kappa shape index (κ2) is 8.57. The molecule has 2 rings (SSSR count). The van der Waals surface area contributed by atoms with E-state index in [4.69, 9.17) is 14.2 Å². The zero-order chi connectivity index (χ0) is 14.9. The van der Waals surface area contributed by atoms with Crippen molar-refractivity contribution in [1.29, 1.82) is 0 Å². The van der Waals surface area contributed by atoms with Crippen LogP contribution in [-0.2, 0) is 40.6 Å². The third kappa shape index (κ3) is 5.31. The number of rotatable bonds is 8. The van der Waals surface area contributed by atoms with Crippen LogP contribution in [0.4, 0.5) is 0 Å². The van der Waals surface area contributed by atoms with E-state index in [1.54, 1.807) is 14.2 Å². The molecule has 0 radical (unpaired) electrons. The minimum atomic E-state index is 0.618. The maximum Gasteiger partial charge on any atom is 0.0721 e. The van der Waals surface area contributed by atoms with Crippen LogP contribution < -0.4 is 0 Å². The summed E-state index contributed by atoms with van der Waals surface area (Å²) in [6.07, 6.45) is 0. The highest BCUT2D eigenvalue weighted by molar-refractivity contribution is 5.22. The Morgan fingerprint density at radius 2 is 0.810 bits per heavy atom. The largest absolute Gasteiger partial charge is 0.380 e. The van der Waals surface area contributed by atoms with Gasteiger partial charge in [-0.25, -0.2) is 0 Å². The van der Waals surface area contributed by atoms with Crippen molar-refractivity contribution in [2.45, 2.75) is 26.4 Å². The molecule has 2 aromatic carbocycles. The molecule has 0 spiro atoms. The van der Waals surface area contributed by atoms with Gasteiger partial charge in [0.05, 0.1) is 26.4 Å². The normalized spacial score (nSPS) is 10.8. The van der Waals surface area contributed by atoms with Gasteiger partial charge in [-0.3, -0.25) is 0 Å². The van der Waals surface area contributed by atoms with Crippen molar-refractivity contribution in [3.05, 3.63) is 70.8 Å². The molecule has 112 valence electrons. The summed E-state index contributed by atoms with van der Waals surface area (Å²) in [5.74, 6) is 0. The minimum Gasteiger partial charge on any atom is -0.380 e. The van der Waals surface area contributed by atoms with Gasteiger partial charge < -0.3 is 14.2 Å². The van der Waals surface area contributed by atoms with Crippen molar-refractivity contribution < 1.29 is 14.2 Å². The first kappa shape index (κ1) is 15.7. The van der Waals surface area contributed by atoms with Crippen molar-refractivity contribution in [1.82, 2.24) is 0 Å². The molecule has 21 heavy (non-hydrogen) atoms. The van der Waals surface area contributed by atoms with Crippen LogP contribution in [0.5, 0.6) is 0 Å². The summed E-state index contributed by atoms with van der Waals surface area (Å²) in [5, 5.41) is 0. The van der Waals surface area contributed by atoms with E-state index < -0.39 is 0 Å². The van der Waals surface area contributed by atoms with Gasteiger partial charge in [0.2, 0.25) is 0 Å². The lowest BCUT2D eigenvalue weighted by Gasteiger charge is -2.07. The first-order chi connectivity index (χ1) is 10.3. The monoisotopic (exact) mass is 286 g/mol. The van der Waals surface area contributed by atoms with Crippen molar-refractivity contribution in [3.8, 4) is 0 Å². The molecule has 0 heterocycles. The second-order valence-corrected chi connectivity index (χ2v) is 4.99. The molecule has 3 nitrogen and oxygen atoms in total. The van der Waals surface area contributed by atoms with Crippen molar-refractivity contribution in [2.75, 3.05) is 14.2 Å². The van der Waals surface area contributed by atoms with E-state index in [0.29, 0.717) is 26.4 Å². The minimum absolute atomic E-state index is 0.618. The maximum absolute atomic E-state index is 5.74. The highest BCUT2D eigenvalue weighted by Crippen LogP contribution is 2.10. The van der Waals surface area contributed by atoms with Gasteiger partial charge >= 0.3 is 0 Å². The van der Waals surface area contributed by atoms with Gasteiger partial charge in [-0.1, -0.05) is 48.5 Å². The average molecular weight is 286 g/mol. The van der Waals surface area contributed by atoms with E-state index in [9.17, 15) is 0 Å². The summed E-state index contributed by atoms with van der Waals surface area (Å²) in [6.45, 7) is 2.53. The molecule has 0 N–H and O–H groups in total. The molecule has 0 saturated carbocycles. The maximum atomic E-state index is 5.74. The number of methoxy groups -OCH3 is 2. The van der Waals surface area contributed by atoms with Crippen molar-refractivity contribution in [2.24, 2.45) is 0 Å². The first-order valence-corrected chi connectivity index (χ1v) is 7.03. The van der Waals surface area contributed by atoms with Crippen LogP contribution in [0.2, 0.25) is 0 Å². The predicted molar refractivity (Wildman–Crippen MR) is 82.8 cm³/mol. The SMILES string of the molecule is COCc1ccc(COCc2ccc(COC)cc2)cc1. The van der Waals surface area contributed by atoms with E-state index in [1.165, 1.54) is 22.3 Å². The second-order valence-electron chi connectivity index (χ2n) is 4.99. The van der Waals surface area contributed by atoms with E-state index in [1.807, 2.05) is 0 Å². The predicted octanol–water partition coefficient (Wildman–Crippen LogP) is 3.70. The Balaban J connectivity index is 1.78. The zero-order valence-corrected chi connectivity index (χ0v) is 12.7. The summed E-state index contributed by atoms with van der Waals surface area (Å²) in [5.41, 5.74) is 4.70. The number of ether oxygens (including phenoxy) is 3. The topological polar surface area (TPSA) is 27.7 Å². The van der Waals surface area contributed by atoms with Crippen LogP contribution in [0.25, 0.3) is 0 Å². The van der Waals surface area contributed by atoms with Crippen molar-refractivity contribution >= 4 is 0 Å². The fourth-order valence-corrected chi connectivity index (χ4v) is 2.08. The Labute approximate surface area is 126 Å². The lowest BCUT2D eigenvalue weighted by atomic mass is 10.1. The zero-order valence-electron chi connectivity index (χ0n) is 12.7. The van der Waals surface area contributed by atoms with Crippen LogP contribution in [0.3, 0.4) is 0 Å². The van der Waals surface area contributed by atoms with Crippen LogP contribution in [0.1, 0.15) is 22.3 Å². The summed E-state index contributed by atoms with van der Waals surface area (Å²) >= 11 is 0. The lowest BCUT2D eigenvalue weighted by Crippen LogP contribution is -1.96. The van der Waals surface area contributed by atoms with E-state index in [2.05, 4.69) is 48.5 Å². The Kier molecular flexibility index (Phi) is 6.41. The van der Waals surface area contributed by atoms with E-state index in [0.717, 1.165) is 0 Å². The average Bonchev–Trinajstić information content (AvgIpc) is 2.51. The molecule has 0 amide bonds. The molecular formula is C18H22O3. The Morgan fingerprint density at radius 1 is 0.524 bits per heavy atom. The molecule has 0 aliphatic rings. The van der Waals surface area contributed by atoms with Crippen molar-refractivity contribution in [3.63, 3.8) is 0 Å². The van der Waals surface area contributed by atoms with Crippen LogP contribution in [0, 0.1) is 0 Å². The highest BCUT2D eigenvalue weighted by Gasteiger charge is 1.98. The van der Waals surface area contributed by atoms with Gasteiger partial charge in [0.1, 0.15) is 0 Å². The summed E-state index contributed by atoms with van der Waals surface area (Å²) in [6, 6.07) is 16.6. The fraction of sp³-hybridized carbons (Fsp3) is 0.333. The molecule has 0 aromatic heterocycles. The molecule has 0 atom stereocenters. The van der Waals surface area contributed by atoms with Crippen LogP contribution in [0.15, 0.2) is 48.5 Å². The molecule has 0 aliphatic heterocycles. The smallest absolute Gasteiger partial charge is 0.0721 e. The molecule has 0 fully saturated rings. The molecular weight excluding hydrogens is 264 g/mol. The van der Waals surface area contributed by atoms with E-state index >= 15 is 0 Å². The van der Waals surface area contributed by atoms with Gasteiger partial charge in [-0.05, 0) is 22.3 Å². The Bertz CT molecular complexity index is 468. The number of hydrogen-bond acceptors (Lipinski definition) is 3. The Hall–Kier alpha value is -1.68. The summed E-state index contributed by atoms with van der Waals surface area (Å²) < 4.78 is 15.9. The van der Waals surface area contributed by atoms with Gasteiger partial charge in [-0.2, -0.15) is 0 Å². The number of hydrogen-bond donors (Lipinski definition) is 0. The fourth-order valence-electron chi connectivity index (χ4n) is 2.08. The van der Waals surface area contributed by atoms with Crippen LogP contribution >= 0.6 is 0 Å². The van der Waals surface area contributed by atoms with Gasteiger partial charge in [0.15, 0.2) is 0 Å².